The highest BCUT2D eigenvalue weighted by Crippen LogP contribution is 2.29. The Hall–Kier alpha value is -2.39. The van der Waals surface area contributed by atoms with Crippen LogP contribution in [0.2, 0.25) is 0 Å². The van der Waals surface area contributed by atoms with Crippen LogP contribution in [0.3, 0.4) is 0 Å². The summed E-state index contributed by atoms with van der Waals surface area (Å²) >= 11 is 0. The second-order valence-electron chi connectivity index (χ2n) is 7.70. The van der Waals surface area contributed by atoms with Gasteiger partial charge < -0.3 is 5.32 Å². The molecule has 5 nitrogen and oxygen atoms in total. The maximum atomic E-state index is 13.1. The lowest BCUT2D eigenvalue weighted by atomic mass is 10.0. The van der Waals surface area contributed by atoms with E-state index in [2.05, 4.69) is 5.32 Å². The number of amides is 1. The predicted octanol–water partition coefficient (Wildman–Crippen LogP) is 4.38. The third kappa shape index (κ3) is 5.65. The first-order valence-corrected chi connectivity index (χ1v) is 11.6. The van der Waals surface area contributed by atoms with Crippen molar-refractivity contribution in [1.82, 2.24) is 9.62 Å². The molecule has 31 heavy (non-hydrogen) atoms. The molecule has 1 unspecified atom stereocenters. The summed E-state index contributed by atoms with van der Waals surface area (Å²) in [6.45, 7) is 2.54. The number of hydrogen-bond acceptors (Lipinski definition) is 3. The summed E-state index contributed by atoms with van der Waals surface area (Å²) in [5.74, 6) is -0.488. The molecular weight excluding hydrogens is 429 g/mol. The Morgan fingerprint density at radius 3 is 2.32 bits per heavy atom. The van der Waals surface area contributed by atoms with E-state index in [-0.39, 0.29) is 23.0 Å². The quantitative estimate of drug-likeness (QED) is 0.705. The summed E-state index contributed by atoms with van der Waals surface area (Å²) in [7, 11) is -3.64. The van der Waals surface area contributed by atoms with Crippen LogP contribution in [0.15, 0.2) is 53.4 Å². The van der Waals surface area contributed by atoms with E-state index in [4.69, 9.17) is 0 Å². The monoisotopic (exact) mass is 454 g/mol. The van der Waals surface area contributed by atoms with Crippen LogP contribution in [0.4, 0.5) is 13.2 Å². The fraction of sp³-hybridized carbons (Fsp3) is 0.409. The number of alkyl halides is 3. The Kier molecular flexibility index (Phi) is 7.06. The molecule has 2 aromatic carbocycles. The molecule has 0 saturated carbocycles. The molecule has 2 aromatic rings. The largest absolute Gasteiger partial charge is 0.416 e. The van der Waals surface area contributed by atoms with Crippen molar-refractivity contribution in [3.8, 4) is 0 Å². The van der Waals surface area contributed by atoms with Crippen LogP contribution in [0, 0.1) is 6.92 Å². The van der Waals surface area contributed by atoms with Crippen molar-refractivity contribution in [2.45, 2.75) is 49.7 Å². The van der Waals surface area contributed by atoms with Crippen molar-refractivity contribution < 1.29 is 26.4 Å². The predicted molar refractivity (Wildman–Crippen MR) is 111 cm³/mol. The number of hydrogen-bond donors (Lipinski definition) is 1. The van der Waals surface area contributed by atoms with Gasteiger partial charge in [-0.2, -0.15) is 17.5 Å². The lowest BCUT2D eigenvalue weighted by Crippen LogP contribution is -2.45. The molecule has 0 bridgehead atoms. The van der Waals surface area contributed by atoms with Crippen LogP contribution in [-0.2, 0) is 16.2 Å². The average Bonchev–Trinajstić information content (AvgIpc) is 2.74. The number of aryl methyl sites for hydroxylation is 1. The number of benzene rings is 2. The van der Waals surface area contributed by atoms with Crippen LogP contribution in [0.25, 0.3) is 0 Å². The van der Waals surface area contributed by atoms with E-state index in [0.29, 0.717) is 19.4 Å². The van der Waals surface area contributed by atoms with E-state index in [1.807, 2.05) is 6.92 Å². The summed E-state index contributed by atoms with van der Waals surface area (Å²) in [6, 6.07) is 10.5. The van der Waals surface area contributed by atoms with E-state index in [9.17, 15) is 26.4 Å². The first-order chi connectivity index (χ1) is 14.6. The first kappa shape index (κ1) is 23.3. The number of carbonyl (C=O) groups is 1. The summed E-state index contributed by atoms with van der Waals surface area (Å²) in [5.41, 5.74) is 0.282. The highest BCUT2D eigenvalue weighted by molar-refractivity contribution is 7.89. The van der Waals surface area contributed by atoms with Crippen LogP contribution in [0.1, 0.15) is 47.2 Å². The molecule has 1 N–H and O–H groups in total. The SMILES string of the molecule is Cc1ccc(S(=O)(=O)N2CCCCC2CCNC(=O)c2ccc(C(F)(F)F)cc2)cc1. The van der Waals surface area contributed by atoms with Gasteiger partial charge in [0, 0.05) is 24.7 Å². The maximum Gasteiger partial charge on any atom is 0.416 e. The topological polar surface area (TPSA) is 66.5 Å². The van der Waals surface area contributed by atoms with E-state index in [1.54, 1.807) is 24.3 Å². The second-order valence-corrected chi connectivity index (χ2v) is 9.59. The van der Waals surface area contributed by atoms with Crippen molar-refractivity contribution in [3.63, 3.8) is 0 Å². The fourth-order valence-electron chi connectivity index (χ4n) is 3.69. The summed E-state index contributed by atoms with van der Waals surface area (Å²) in [6.07, 6.45) is -1.65. The minimum absolute atomic E-state index is 0.126. The van der Waals surface area contributed by atoms with E-state index in [0.717, 1.165) is 42.7 Å². The molecule has 9 heteroatoms. The molecule has 1 aliphatic rings. The van der Waals surface area contributed by atoms with Crippen LogP contribution >= 0.6 is 0 Å². The number of nitrogens with zero attached hydrogens (tertiary/aromatic N) is 1. The Morgan fingerprint density at radius 1 is 1.06 bits per heavy atom. The lowest BCUT2D eigenvalue weighted by molar-refractivity contribution is -0.137. The summed E-state index contributed by atoms with van der Waals surface area (Å²) in [5, 5.41) is 2.68. The molecule has 0 aliphatic carbocycles. The van der Waals surface area contributed by atoms with Gasteiger partial charge in [0.25, 0.3) is 5.91 Å². The van der Waals surface area contributed by atoms with E-state index < -0.39 is 27.7 Å². The molecule has 1 saturated heterocycles. The van der Waals surface area contributed by atoms with Gasteiger partial charge >= 0.3 is 6.18 Å². The minimum Gasteiger partial charge on any atom is -0.352 e. The molecule has 1 aliphatic heterocycles. The van der Waals surface area contributed by atoms with Crippen LogP contribution in [-0.4, -0.2) is 37.8 Å². The molecule has 0 spiro atoms. The molecule has 1 fully saturated rings. The molecule has 168 valence electrons. The third-order valence-corrected chi connectivity index (χ3v) is 7.40. The van der Waals surface area contributed by atoms with E-state index >= 15 is 0 Å². The molecular formula is C22H25F3N2O3S. The zero-order chi connectivity index (χ0) is 22.6. The zero-order valence-corrected chi connectivity index (χ0v) is 18.0. The van der Waals surface area contributed by atoms with Gasteiger partial charge in [0.1, 0.15) is 0 Å². The van der Waals surface area contributed by atoms with Crippen LogP contribution < -0.4 is 5.32 Å². The second kappa shape index (κ2) is 9.40. The molecule has 1 heterocycles. The van der Waals surface area contributed by atoms with Crippen molar-refractivity contribution in [3.05, 3.63) is 65.2 Å². The van der Waals surface area contributed by atoms with Gasteiger partial charge in [0.2, 0.25) is 10.0 Å². The van der Waals surface area contributed by atoms with Gasteiger partial charge in [-0.1, -0.05) is 24.1 Å². The number of piperidine rings is 1. The van der Waals surface area contributed by atoms with Gasteiger partial charge in [0.05, 0.1) is 10.5 Å². The highest BCUT2D eigenvalue weighted by Gasteiger charge is 2.33. The molecule has 1 amide bonds. The van der Waals surface area contributed by atoms with Gasteiger partial charge in [-0.15, -0.1) is 0 Å². The molecule has 3 rings (SSSR count). The number of nitrogens with one attached hydrogen (secondary N) is 1. The molecule has 0 aromatic heterocycles. The van der Waals surface area contributed by atoms with Crippen molar-refractivity contribution in [2.24, 2.45) is 0 Å². The number of rotatable bonds is 6. The highest BCUT2D eigenvalue weighted by atomic mass is 32.2. The van der Waals surface area contributed by atoms with Crippen molar-refractivity contribution >= 4 is 15.9 Å². The molecule has 0 radical (unpaired) electrons. The first-order valence-electron chi connectivity index (χ1n) is 10.1. The third-order valence-electron chi connectivity index (χ3n) is 5.44. The molecule has 1 atom stereocenters. The Labute approximate surface area is 180 Å². The maximum absolute atomic E-state index is 13.1. The number of halogens is 3. The van der Waals surface area contributed by atoms with Crippen molar-refractivity contribution in [1.29, 1.82) is 0 Å². The van der Waals surface area contributed by atoms with Gasteiger partial charge in [-0.3, -0.25) is 4.79 Å². The normalized spacial score (nSPS) is 18.0. The number of carbonyl (C=O) groups excluding carboxylic acids is 1. The Morgan fingerprint density at radius 2 is 1.71 bits per heavy atom. The lowest BCUT2D eigenvalue weighted by Gasteiger charge is -2.34. The zero-order valence-electron chi connectivity index (χ0n) is 17.2. The summed E-state index contributed by atoms with van der Waals surface area (Å²) in [4.78, 5) is 12.5. The smallest absolute Gasteiger partial charge is 0.352 e. The van der Waals surface area contributed by atoms with Gasteiger partial charge in [-0.05, 0) is 62.6 Å². The van der Waals surface area contributed by atoms with Crippen LogP contribution in [0.5, 0.6) is 0 Å². The number of sulfonamides is 1. The van der Waals surface area contributed by atoms with Gasteiger partial charge in [0.15, 0.2) is 0 Å². The Bertz CT molecular complexity index is 1000. The fourth-order valence-corrected chi connectivity index (χ4v) is 5.41. The van der Waals surface area contributed by atoms with Crippen molar-refractivity contribution in [2.75, 3.05) is 13.1 Å². The summed E-state index contributed by atoms with van der Waals surface area (Å²) < 4.78 is 65.6. The average molecular weight is 455 g/mol. The van der Waals surface area contributed by atoms with E-state index in [1.165, 1.54) is 4.31 Å². The standard InChI is InChI=1S/C22H25F3N2O3S/c1-16-5-11-20(12-6-16)31(29,30)27-15-3-2-4-19(27)13-14-26-21(28)17-7-9-18(10-8-17)22(23,24)25/h5-12,19H,2-4,13-15H2,1H3,(H,26,28). The minimum atomic E-state index is -4.46. The Balaban J connectivity index is 1.62. The van der Waals surface area contributed by atoms with Gasteiger partial charge in [-0.25, -0.2) is 8.42 Å².